The SMILES string of the molecule is CCOC(=O)/C=C(\Nc1cc(OC)cc(OC)c1)C(F)(F)F. The molecular formula is C14H16F3NO4. The van der Waals surface area contributed by atoms with Gasteiger partial charge in [-0.15, -0.1) is 0 Å². The molecule has 0 aliphatic heterocycles. The minimum Gasteiger partial charge on any atom is -0.497 e. The normalized spacial score (nSPS) is 11.8. The maximum atomic E-state index is 13.0. The van der Waals surface area contributed by atoms with Crippen LogP contribution < -0.4 is 14.8 Å². The van der Waals surface area contributed by atoms with Gasteiger partial charge < -0.3 is 19.5 Å². The van der Waals surface area contributed by atoms with Crippen molar-refractivity contribution in [1.29, 1.82) is 0 Å². The van der Waals surface area contributed by atoms with Gasteiger partial charge in [-0.2, -0.15) is 13.2 Å². The van der Waals surface area contributed by atoms with E-state index in [-0.39, 0.29) is 12.3 Å². The second-order valence-electron chi connectivity index (χ2n) is 4.03. The number of carbonyl (C=O) groups is 1. The molecule has 0 aliphatic rings. The van der Waals surface area contributed by atoms with Crippen molar-refractivity contribution >= 4 is 11.7 Å². The molecule has 1 aromatic carbocycles. The van der Waals surface area contributed by atoms with Crippen LogP contribution in [-0.2, 0) is 9.53 Å². The van der Waals surface area contributed by atoms with Gasteiger partial charge in [0.15, 0.2) is 0 Å². The van der Waals surface area contributed by atoms with Crippen molar-refractivity contribution < 1.29 is 32.2 Å². The van der Waals surface area contributed by atoms with Crippen molar-refractivity contribution in [3.63, 3.8) is 0 Å². The predicted octanol–water partition coefficient (Wildman–Crippen LogP) is 3.13. The number of benzene rings is 1. The fraction of sp³-hybridized carbons (Fsp3) is 0.357. The summed E-state index contributed by atoms with van der Waals surface area (Å²) >= 11 is 0. The first-order valence-electron chi connectivity index (χ1n) is 6.26. The molecule has 0 atom stereocenters. The van der Waals surface area contributed by atoms with Gasteiger partial charge in [0, 0.05) is 23.9 Å². The number of methoxy groups -OCH3 is 2. The smallest absolute Gasteiger partial charge is 0.431 e. The fourth-order valence-corrected chi connectivity index (χ4v) is 1.53. The number of halogens is 3. The Balaban J connectivity index is 3.12. The number of hydrogen-bond acceptors (Lipinski definition) is 5. The molecular weight excluding hydrogens is 303 g/mol. The molecule has 0 aromatic heterocycles. The molecule has 1 N–H and O–H groups in total. The van der Waals surface area contributed by atoms with Gasteiger partial charge in [-0.05, 0) is 6.92 Å². The zero-order valence-corrected chi connectivity index (χ0v) is 12.3. The summed E-state index contributed by atoms with van der Waals surface area (Å²) in [5.41, 5.74) is -1.19. The van der Waals surface area contributed by atoms with Crippen LogP contribution in [0.15, 0.2) is 30.0 Å². The van der Waals surface area contributed by atoms with E-state index in [4.69, 9.17) is 9.47 Å². The molecule has 1 rings (SSSR count). The second-order valence-corrected chi connectivity index (χ2v) is 4.03. The number of rotatable bonds is 6. The van der Waals surface area contributed by atoms with Crippen LogP contribution in [0.1, 0.15) is 6.92 Å². The van der Waals surface area contributed by atoms with E-state index in [1.807, 2.05) is 0 Å². The van der Waals surface area contributed by atoms with E-state index in [1.165, 1.54) is 39.3 Å². The summed E-state index contributed by atoms with van der Waals surface area (Å²) in [6, 6.07) is 4.19. The Morgan fingerprint density at radius 2 is 1.73 bits per heavy atom. The lowest BCUT2D eigenvalue weighted by atomic mass is 10.2. The molecule has 0 heterocycles. The van der Waals surface area contributed by atoms with Crippen molar-refractivity contribution in [2.75, 3.05) is 26.1 Å². The maximum Gasteiger partial charge on any atom is 0.431 e. The Morgan fingerprint density at radius 1 is 1.18 bits per heavy atom. The monoisotopic (exact) mass is 319 g/mol. The number of allylic oxidation sites excluding steroid dienone is 1. The summed E-state index contributed by atoms with van der Waals surface area (Å²) < 4.78 is 53.3. The Kier molecular flexibility index (Phi) is 6.09. The van der Waals surface area contributed by atoms with E-state index in [2.05, 4.69) is 10.1 Å². The van der Waals surface area contributed by atoms with Crippen LogP contribution in [-0.4, -0.2) is 33.0 Å². The van der Waals surface area contributed by atoms with Crippen molar-refractivity contribution in [2.45, 2.75) is 13.1 Å². The van der Waals surface area contributed by atoms with Gasteiger partial charge in [-0.25, -0.2) is 4.79 Å². The van der Waals surface area contributed by atoms with Crippen LogP contribution in [0.2, 0.25) is 0 Å². The quantitative estimate of drug-likeness (QED) is 0.645. The molecule has 0 bridgehead atoms. The van der Waals surface area contributed by atoms with E-state index in [1.54, 1.807) is 0 Å². The fourth-order valence-electron chi connectivity index (χ4n) is 1.53. The van der Waals surface area contributed by atoms with Crippen molar-refractivity contribution in [3.05, 3.63) is 30.0 Å². The number of anilines is 1. The Hall–Kier alpha value is -2.38. The van der Waals surface area contributed by atoms with Gasteiger partial charge in [0.1, 0.15) is 17.2 Å². The average Bonchev–Trinajstić information content (AvgIpc) is 2.45. The Bertz CT molecular complexity index is 533. The zero-order chi connectivity index (χ0) is 16.8. The van der Waals surface area contributed by atoms with Gasteiger partial charge in [-0.3, -0.25) is 0 Å². The highest BCUT2D eigenvalue weighted by Crippen LogP contribution is 2.31. The molecule has 0 unspecified atom stereocenters. The number of nitrogens with one attached hydrogen (secondary N) is 1. The minimum atomic E-state index is -4.75. The molecule has 122 valence electrons. The summed E-state index contributed by atoms with van der Waals surface area (Å²) in [6.45, 7) is 1.48. The molecule has 1 aromatic rings. The number of carbonyl (C=O) groups excluding carboxylic acids is 1. The molecule has 5 nitrogen and oxygen atoms in total. The predicted molar refractivity (Wildman–Crippen MR) is 73.9 cm³/mol. The molecule has 8 heteroatoms. The summed E-state index contributed by atoms with van der Waals surface area (Å²) in [7, 11) is 2.75. The van der Waals surface area contributed by atoms with Gasteiger partial charge in [0.2, 0.25) is 0 Å². The molecule has 0 saturated heterocycles. The lowest BCUT2D eigenvalue weighted by Crippen LogP contribution is -2.21. The third kappa shape index (κ3) is 5.19. The molecule has 0 fully saturated rings. The largest absolute Gasteiger partial charge is 0.497 e. The van der Waals surface area contributed by atoms with Crippen LogP contribution in [0.25, 0.3) is 0 Å². The van der Waals surface area contributed by atoms with E-state index in [9.17, 15) is 18.0 Å². The molecule has 0 saturated carbocycles. The van der Waals surface area contributed by atoms with E-state index in [0.717, 1.165) is 0 Å². The number of ether oxygens (including phenoxy) is 3. The van der Waals surface area contributed by atoms with E-state index in [0.29, 0.717) is 17.6 Å². The van der Waals surface area contributed by atoms with Crippen molar-refractivity contribution in [2.24, 2.45) is 0 Å². The first kappa shape index (κ1) is 17.7. The number of alkyl halides is 3. The standard InChI is InChI=1S/C14H16F3NO4/c1-4-22-13(19)8-12(14(15,16)17)18-9-5-10(20-2)7-11(6-9)21-3/h5-8,18H,4H2,1-3H3/b12-8-. The summed E-state index contributed by atoms with van der Waals surface area (Å²) in [6.07, 6.45) is -4.39. The molecule has 22 heavy (non-hydrogen) atoms. The lowest BCUT2D eigenvalue weighted by molar-refractivity contribution is -0.138. The summed E-state index contributed by atoms with van der Waals surface area (Å²) in [4.78, 5) is 11.2. The van der Waals surface area contributed by atoms with Crippen LogP contribution >= 0.6 is 0 Å². The van der Waals surface area contributed by atoms with Crippen LogP contribution in [0.5, 0.6) is 11.5 Å². The Labute approximate surface area is 125 Å². The van der Waals surface area contributed by atoms with E-state index < -0.39 is 17.8 Å². The van der Waals surface area contributed by atoms with Gasteiger partial charge in [0.05, 0.1) is 26.9 Å². The number of esters is 1. The minimum absolute atomic E-state index is 0.0204. The third-order valence-electron chi connectivity index (χ3n) is 2.48. The first-order valence-corrected chi connectivity index (χ1v) is 6.26. The lowest BCUT2D eigenvalue weighted by Gasteiger charge is -2.15. The third-order valence-corrected chi connectivity index (χ3v) is 2.48. The molecule has 0 aliphatic carbocycles. The highest BCUT2D eigenvalue weighted by atomic mass is 19.4. The second kappa shape index (κ2) is 7.58. The highest BCUT2D eigenvalue weighted by Gasteiger charge is 2.35. The average molecular weight is 319 g/mol. The first-order chi connectivity index (χ1) is 10.3. The van der Waals surface area contributed by atoms with Gasteiger partial charge >= 0.3 is 12.1 Å². The van der Waals surface area contributed by atoms with E-state index >= 15 is 0 Å². The number of hydrogen-bond donors (Lipinski definition) is 1. The van der Waals surface area contributed by atoms with Crippen LogP contribution in [0, 0.1) is 0 Å². The van der Waals surface area contributed by atoms with Crippen LogP contribution in [0.3, 0.4) is 0 Å². The molecule has 0 spiro atoms. The topological polar surface area (TPSA) is 56.8 Å². The maximum absolute atomic E-state index is 13.0. The van der Waals surface area contributed by atoms with Gasteiger partial charge in [0.25, 0.3) is 0 Å². The highest BCUT2D eigenvalue weighted by molar-refractivity contribution is 5.83. The summed E-state index contributed by atoms with van der Waals surface area (Å²) in [5.74, 6) is -0.476. The van der Waals surface area contributed by atoms with Crippen molar-refractivity contribution in [3.8, 4) is 11.5 Å². The van der Waals surface area contributed by atoms with Crippen molar-refractivity contribution in [1.82, 2.24) is 0 Å². The molecule has 0 amide bonds. The van der Waals surface area contributed by atoms with Crippen LogP contribution in [0.4, 0.5) is 18.9 Å². The zero-order valence-electron chi connectivity index (χ0n) is 12.3. The summed E-state index contributed by atoms with van der Waals surface area (Å²) in [5, 5.41) is 2.13. The van der Waals surface area contributed by atoms with Gasteiger partial charge in [-0.1, -0.05) is 0 Å². The Morgan fingerprint density at radius 3 is 2.14 bits per heavy atom. The molecule has 0 radical (unpaired) electrons.